The van der Waals surface area contributed by atoms with E-state index in [9.17, 15) is 0 Å². The number of guanidine groups is 1. The molecular formula is C16H33IN4. The van der Waals surface area contributed by atoms with E-state index in [1.165, 1.54) is 38.8 Å². The first kappa shape index (κ1) is 20.7. The minimum atomic E-state index is 0. The van der Waals surface area contributed by atoms with E-state index in [0.717, 1.165) is 12.1 Å². The van der Waals surface area contributed by atoms with Gasteiger partial charge in [0, 0.05) is 12.6 Å². The number of likely N-dealkylation sites (tertiary alicyclic amines) is 1. The van der Waals surface area contributed by atoms with E-state index < -0.39 is 0 Å². The number of aliphatic imine (C=N–C) groups is 1. The molecular weight excluding hydrogens is 375 g/mol. The Balaban J connectivity index is 0.00000400. The van der Waals surface area contributed by atoms with Crippen LogP contribution in [0.5, 0.6) is 0 Å². The summed E-state index contributed by atoms with van der Waals surface area (Å²) in [7, 11) is 0. The number of halogens is 1. The van der Waals surface area contributed by atoms with Gasteiger partial charge in [-0.05, 0) is 38.8 Å². The van der Waals surface area contributed by atoms with Gasteiger partial charge in [0.2, 0.25) is 0 Å². The highest BCUT2D eigenvalue weighted by atomic mass is 127. The summed E-state index contributed by atoms with van der Waals surface area (Å²) in [6, 6.07) is 0.498. The van der Waals surface area contributed by atoms with Crippen molar-refractivity contribution in [1.82, 2.24) is 10.2 Å². The standard InChI is InChI=1S/C16H32N4.HI/c1-13(2)11-18-16(17)19-12-15(14(3)4)20-9-7-5-6-8-10-20;/h14-15H,1,5-12H2,2-4H3,(H3,17,18,19);1H. The minimum Gasteiger partial charge on any atom is -0.370 e. The molecule has 1 fully saturated rings. The second kappa shape index (κ2) is 11.3. The fourth-order valence-corrected chi connectivity index (χ4v) is 2.66. The van der Waals surface area contributed by atoms with Gasteiger partial charge < -0.3 is 11.1 Å². The van der Waals surface area contributed by atoms with E-state index in [0.29, 0.717) is 24.5 Å². The molecule has 0 aliphatic carbocycles. The van der Waals surface area contributed by atoms with E-state index in [1.54, 1.807) is 0 Å². The highest BCUT2D eigenvalue weighted by molar-refractivity contribution is 14.0. The van der Waals surface area contributed by atoms with Crippen molar-refractivity contribution in [3.05, 3.63) is 12.2 Å². The second-order valence-corrected chi connectivity index (χ2v) is 6.30. The molecule has 0 bridgehead atoms. The largest absolute Gasteiger partial charge is 0.370 e. The van der Waals surface area contributed by atoms with Gasteiger partial charge in [0.25, 0.3) is 0 Å². The van der Waals surface area contributed by atoms with Crippen molar-refractivity contribution in [2.45, 2.75) is 52.5 Å². The van der Waals surface area contributed by atoms with Gasteiger partial charge in [-0.2, -0.15) is 0 Å². The maximum absolute atomic E-state index is 5.91. The average Bonchev–Trinajstić information content (AvgIpc) is 2.65. The monoisotopic (exact) mass is 408 g/mol. The summed E-state index contributed by atoms with van der Waals surface area (Å²) in [6.07, 6.45) is 5.37. The fraction of sp³-hybridized carbons (Fsp3) is 0.812. The van der Waals surface area contributed by atoms with Gasteiger partial charge in [0.05, 0.1) is 6.54 Å². The lowest BCUT2D eigenvalue weighted by Crippen LogP contribution is -2.43. The van der Waals surface area contributed by atoms with Crippen molar-refractivity contribution >= 4 is 29.9 Å². The lowest BCUT2D eigenvalue weighted by Gasteiger charge is -2.32. The number of rotatable bonds is 6. The smallest absolute Gasteiger partial charge is 0.188 e. The van der Waals surface area contributed by atoms with Crippen LogP contribution in [-0.4, -0.2) is 43.1 Å². The van der Waals surface area contributed by atoms with Gasteiger partial charge in [-0.1, -0.05) is 38.8 Å². The van der Waals surface area contributed by atoms with E-state index >= 15 is 0 Å². The van der Waals surface area contributed by atoms with Crippen LogP contribution >= 0.6 is 24.0 Å². The van der Waals surface area contributed by atoms with Crippen molar-refractivity contribution in [1.29, 1.82) is 0 Å². The molecule has 0 aromatic heterocycles. The lowest BCUT2D eigenvalue weighted by atomic mass is 10.0. The fourth-order valence-electron chi connectivity index (χ4n) is 2.66. The van der Waals surface area contributed by atoms with E-state index in [-0.39, 0.29) is 24.0 Å². The quantitative estimate of drug-likeness (QED) is 0.308. The topological polar surface area (TPSA) is 53.6 Å². The minimum absolute atomic E-state index is 0. The SMILES string of the molecule is C=C(C)CNC(N)=NCC(C(C)C)N1CCCCCC1.I. The molecule has 1 rings (SSSR count). The maximum Gasteiger partial charge on any atom is 0.188 e. The van der Waals surface area contributed by atoms with Crippen molar-refractivity contribution in [3.63, 3.8) is 0 Å². The molecule has 4 nitrogen and oxygen atoms in total. The Labute approximate surface area is 147 Å². The summed E-state index contributed by atoms with van der Waals surface area (Å²) in [4.78, 5) is 7.13. The molecule has 0 amide bonds. The molecule has 1 atom stereocenters. The maximum atomic E-state index is 5.91. The summed E-state index contributed by atoms with van der Waals surface area (Å²) >= 11 is 0. The highest BCUT2D eigenvalue weighted by Gasteiger charge is 2.22. The number of nitrogens with one attached hydrogen (secondary N) is 1. The molecule has 21 heavy (non-hydrogen) atoms. The summed E-state index contributed by atoms with van der Waals surface area (Å²) < 4.78 is 0. The molecule has 1 saturated heterocycles. The molecule has 1 unspecified atom stereocenters. The third-order valence-electron chi connectivity index (χ3n) is 3.90. The molecule has 1 heterocycles. The summed E-state index contributed by atoms with van der Waals surface area (Å²) in [5.74, 6) is 1.14. The van der Waals surface area contributed by atoms with Crippen molar-refractivity contribution in [2.24, 2.45) is 16.6 Å². The molecule has 0 radical (unpaired) electrons. The molecule has 1 aliphatic rings. The van der Waals surface area contributed by atoms with Gasteiger partial charge in [-0.25, -0.2) is 0 Å². The van der Waals surface area contributed by atoms with Crippen LogP contribution in [0.1, 0.15) is 46.5 Å². The Morgan fingerprint density at radius 2 is 1.81 bits per heavy atom. The number of nitrogens with two attached hydrogens (primary N) is 1. The Kier molecular flexibility index (Phi) is 11.1. The van der Waals surface area contributed by atoms with Crippen LogP contribution in [0.2, 0.25) is 0 Å². The normalized spacial score (nSPS) is 18.8. The van der Waals surface area contributed by atoms with Gasteiger partial charge in [-0.3, -0.25) is 9.89 Å². The van der Waals surface area contributed by atoms with E-state index in [2.05, 4.69) is 35.6 Å². The van der Waals surface area contributed by atoms with Crippen molar-refractivity contribution in [2.75, 3.05) is 26.2 Å². The molecule has 0 aromatic carbocycles. The first-order chi connectivity index (χ1) is 9.50. The van der Waals surface area contributed by atoms with Gasteiger partial charge in [0.15, 0.2) is 5.96 Å². The molecule has 5 heteroatoms. The average molecular weight is 408 g/mol. The van der Waals surface area contributed by atoms with Crippen LogP contribution in [0.3, 0.4) is 0 Å². The van der Waals surface area contributed by atoms with Gasteiger partial charge in [-0.15, -0.1) is 24.0 Å². The highest BCUT2D eigenvalue weighted by Crippen LogP contribution is 2.17. The molecule has 0 aromatic rings. The van der Waals surface area contributed by atoms with Gasteiger partial charge >= 0.3 is 0 Å². The molecule has 0 spiro atoms. The Bertz CT molecular complexity index is 320. The van der Waals surface area contributed by atoms with Crippen LogP contribution in [0.4, 0.5) is 0 Å². The van der Waals surface area contributed by atoms with Crippen molar-refractivity contribution < 1.29 is 0 Å². The third-order valence-corrected chi connectivity index (χ3v) is 3.90. The number of hydrogen-bond donors (Lipinski definition) is 2. The van der Waals surface area contributed by atoms with E-state index in [4.69, 9.17) is 5.73 Å². The third kappa shape index (κ3) is 8.66. The van der Waals surface area contributed by atoms with Crippen LogP contribution in [-0.2, 0) is 0 Å². The summed E-state index contributed by atoms with van der Waals surface area (Å²) in [5, 5.41) is 3.10. The predicted octanol–water partition coefficient (Wildman–Crippen LogP) is 2.99. The molecule has 0 saturated carbocycles. The van der Waals surface area contributed by atoms with E-state index in [1.807, 2.05) is 6.92 Å². The predicted molar refractivity (Wildman–Crippen MR) is 103 cm³/mol. The Morgan fingerprint density at radius 3 is 2.29 bits per heavy atom. The zero-order valence-corrected chi connectivity index (χ0v) is 16.2. The number of nitrogens with zero attached hydrogens (tertiary/aromatic N) is 2. The second-order valence-electron chi connectivity index (χ2n) is 6.30. The van der Waals surface area contributed by atoms with Crippen LogP contribution in [0.15, 0.2) is 17.1 Å². The van der Waals surface area contributed by atoms with Crippen LogP contribution < -0.4 is 11.1 Å². The zero-order valence-electron chi connectivity index (χ0n) is 13.9. The molecule has 3 N–H and O–H groups in total. The first-order valence-electron chi connectivity index (χ1n) is 7.93. The summed E-state index contributed by atoms with van der Waals surface area (Å²) in [5.41, 5.74) is 6.98. The van der Waals surface area contributed by atoms with Gasteiger partial charge in [0.1, 0.15) is 0 Å². The Hall–Kier alpha value is -0.300. The zero-order chi connectivity index (χ0) is 15.0. The summed E-state index contributed by atoms with van der Waals surface area (Å²) in [6.45, 7) is 14.3. The molecule has 124 valence electrons. The van der Waals surface area contributed by atoms with Crippen molar-refractivity contribution in [3.8, 4) is 0 Å². The first-order valence-corrected chi connectivity index (χ1v) is 7.93. The van der Waals surface area contributed by atoms with Crippen LogP contribution in [0.25, 0.3) is 0 Å². The number of hydrogen-bond acceptors (Lipinski definition) is 2. The Morgan fingerprint density at radius 1 is 1.24 bits per heavy atom. The lowest BCUT2D eigenvalue weighted by molar-refractivity contribution is 0.166. The van der Waals surface area contributed by atoms with Crippen LogP contribution in [0, 0.1) is 5.92 Å². The molecule has 1 aliphatic heterocycles.